The molecule has 1 heterocycles. The van der Waals surface area contributed by atoms with E-state index in [-0.39, 0.29) is 0 Å². The number of ether oxygens (including phenoxy) is 2. The molecule has 0 radical (unpaired) electrons. The van der Waals surface area contributed by atoms with Crippen LogP contribution in [-0.2, 0) is 0 Å². The second kappa shape index (κ2) is 6.24. The average molecular weight is 261 g/mol. The summed E-state index contributed by atoms with van der Waals surface area (Å²) in [5.41, 5.74) is 7.33. The van der Waals surface area contributed by atoms with Crippen LogP contribution in [0.1, 0.15) is 6.42 Å². The fourth-order valence-corrected chi connectivity index (χ4v) is 1.95. The van der Waals surface area contributed by atoms with E-state index in [2.05, 4.69) is 10.3 Å². The van der Waals surface area contributed by atoms with Gasteiger partial charge in [-0.1, -0.05) is 0 Å². The number of hydrogen-bond acceptors (Lipinski definition) is 5. The highest BCUT2D eigenvalue weighted by Crippen LogP contribution is 2.33. The Bertz CT molecular complexity index is 558. The third kappa shape index (κ3) is 2.88. The Hall–Kier alpha value is -2.01. The van der Waals surface area contributed by atoms with Gasteiger partial charge >= 0.3 is 0 Å². The highest BCUT2D eigenvalue weighted by Gasteiger charge is 2.09. The van der Waals surface area contributed by atoms with Crippen LogP contribution >= 0.6 is 0 Å². The molecule has 0 unspecified atom stereocenters. The van der Waals surface area contributed by atoms with Crippen LogP contribution in [0.4, 0.5) is 5.69 Å². The Morgan fingerprint density at radius 1 is 1.26 bits per heavy atom. The summed E-state index contributed by atoms with van der Waals surface area (Å²) in [6, 6.07) is 5.73. The molecule has 1 aromatic heterocycles. The second-order valence-electron chi connectivity index (χ2n) is 4.15. The van der Waals surface area contributed by atoms with Gasteiger partial charge in [0.15, 0.2) is 0 Å². The zero-order valence-corrected chi connectivity index (χ0v) is 11.3. The van der Waals surface area contributed by atoms with Gasteiger partial charge in [0.25, 0.3) is 0 Å². The highest BCUT2D eigenvalue weighted by molar-refractivity contribution is 5.95. The molecular weight excluding hydrogens is 242 g/mol. The van der Waals surface area contributed by atoms with Gasteiger partial charge in [-0.25, -0.2) is 0 Å². The van der Waals surface area contributed by atoms with Crippen molar-refractivity contribution < 1.29 is 9.47 Å². The number of aromatic nitrogens is 1. The first-order chi connectivity index (χ1) is 9.30. The van der Waals surface area contributed by atoms with Crippen molar-refractivity contribution in [2.75, 3.05) is 32.6 Å². The molecule has 0 bridgehead atoms. The fraction of sp³-hybridized carbons (Fsp3) is 0.357. The van der Waals surface area contributed by atoms with Gasteiger partial charge in [-0.05, 0) is 25.1 Å². The van der Waals surface area contributed by atoms with Crippen LogP contribution in [0.3, 0.4) is 0 Å². The maximum atomic E-state index is 5.50. The monoisotopic (exact) mass is 261 g/mol. The zero-order valence-electron chi connectivity index (χ0n) is 11.3. The van der Waals surface area contributed by atoms with Crippen LogP contribution in [0.25, 0.3) is 10.9 Å². The molecule has 2 rings (SSSR count). The Labute approximate surface area is 112 Å². The van der Waals surface area contributed by atoms with E-state index in [0.717, 1.165) is 35.3 Å². The summed E-state index contributed by atoms with van der Waals surface area (Å²) < 4.78 is 10.7. The second-order valence-corrected chi connectivity index (χ2v) is 4.15. The topological polar surface area (TPSA) is 69.4 Å². The maximum Gasteiger partial charge on any atom is 0.148 e. The van der Waals surface area contributed by atoms with E-state index in [9.17, 15) is 0 Å². The molecule has 2 aromatic rings. The number of hydrogen-bond donors (Lipinski definition) is 2. The number of anilines is 1. The molecule has 5 nitrogen and oxygen atoms in total. The van der Waals surface area contributed by atoms with Crippen LogP contribution in [0.5, 0.6) is 11.5 Å². The molecule has 3 N–H and O–H groups in total. The molecule has 0 saturated carbocycles. The normalized spacial score (nSPS) is 10.5. The highest BCUT2D eigenvalue weighted by atomic mass is 16.5. The summed E-state index contributed by atoms with van der Waals surface area (Å²) in [6.45, 7) is 1.50. The van der Waals surface area contributed by atoms with Crippen LogP contribution in [0, 0.1) is 0 Å². The minimum Gasteiger partial charge on any atom is -0.497 e. The van der Waals surface area contributed by atoms with Crippen LogP contribution in [0.15, 0.2) is 24.4 Å². The van der Waals surface area contributed by atoms with E-state index in [0.29, 0.717) is 12.3 Å². The molecule has 0 atom stereocenters. The lowest BCUT2D eigenvalue weighted by atomic mass is 10.1. The molecule has 0 aliphatic carbocycles. The molecule has 0 fully saturated rings. The van der Waals surface area contributed by atoms with E-state index in [1.54, 1.807) is 20.4 Å². The van der Waals surface area contributed by atoms with Crippen LogP contribution in [0.2, 0.25) is 0 Å². The molecule has 19 heavy (non-hydrogen) atoms. The smallest absolute Gasteiger partial charge is 0.148 e. The molecule has 5 heteroatoms. The zero-order chi connectivity index (χ0) is 13.7. The van der Waals surface area contributed by atoms with E-state index >= 15 is 0 Å². The maximum absolute atomic E-state index is 5.50. The summed E-state index contributed by atoms with van der Waals surface area (Å²) in [7, 11) is 3.27. The summed E-state index contributed by atoms with van der Waals surface area (Å²) in [5, 5.41) is 4.34. The molecule has 0 saturated heterocycles. The Morgan fingerprint density at radius 2 is 2.11 bits per heavy atom. The largest absolute Gasteiger partial charge is 0.497 e. The number of methoxy groups -OCH3 is 2. The Morgan fingerprint density at radius 3 is 2.79 bits per heavy atom. The molecular formula is C14H19N3O2. The lowest BCUT2D eigenvalue weighted by molar-refractivity contribution is 0.397. The number of nitrogens with zero attached hydrogens (tertiary/aromatic N) is 1. The van der Waals surface area contributed by atoms with Crippen LogP contribution in [-0.4, -0.2) is 32.3 Å². The molecule has 0 spiro atoms. The average Bonchev–Trinajstić information content (AvgIpc) is 2.46. The summed E-state index contributed by atoms with van der Waals surface area (Å²) in [4.78, 5) is 4.37. The van der Waals surface area contributed by atoms with E-state index in [4.69, 9.17) is 15.2 Å². The van der Waals surface area contributed by atoms with Crippen molar-refractivity contribution in [1.82, 2.24) is 4.98 Å². The van der Waals surface area contributed by atoms with E-state index in [1.165, 1.54) is 0 Å². The van der Waals surface area contributed by atoms with E-state index < -0.39 is 0 Å². The number of nitrogens with one attached hydrogen (secondary N) is 1. The lowest BCUT2D eigenvalue weighted by Gasteiger charge is -2.12. The summed E-state index contributed by atoms with van der Waals surface area (Å²) in [6.07, 6.45) is 2.69. The van der Waals surface area contributed by atoms with Gasteiger partial charge in [-0.3, -0.25) is 4.98 Å². The Balaban J connectivity index is 2.46. The van der Waals surface area contributed by atoms with Crippen molar-refractivity contribution in [3.05, 3.63) is 24.4 Å². The fourth-order valence-electron chi connectivity index (χ4n) is 1.95. The van der Waals surface area contributed by atoms with Gasteiger partial charge in [0.1, 0.15) is 17.0 Å². The first kappa shape index (κ1) is 13.4. The van der Waals surface area contributed by atoms with Gasteiger partial charge < -0.3 is 20.5 Å². The SMILES string of the molecule is COc1cc(OC)c2nccc(NCCCN)c2c1. The van der Waals surface area contributed by atoms with Gasteiger partial charge in [-0.15, -0.1) is 0 Å². The first-order valence-electron chi connectivity index (χ1n) is 6.25. The minimum atomic E-state index is 0.669. The van der Waals surface area contributed by atoms with Crippen molar-refractivity contribution in [1.29, 1.82) is 0 Å². The third-order valence-corrected chi connectivity index (χ3v) is 2.94. The minimum absolute atomic E-state index is 0.669. The molecule has 102 valence electrons. The number of rotatable bonds is 6. The first-order valence-corrected chi connectivity index (χ1v) is 6.25. The molecule has 1 aromatic carbocycles. The lowest BCUT2D eigenvalue weighted by Crippen LogP contribution is -2.08. The van der Waals surface area contributed by atoms with Crippen molar-refractivity contribution in [3.8, 4) is 11.5 Å². The molecule has 0 aliphatic heterocycles. The van der Waals surface area contributed by atoms with Crippen molar-refractivity contribution in [2.45, 2.75) is 6.42 Å². The van der Waals surface area contributed by atoms with Crippen molar-refractivity contribution >= 4 is 16.6 Å². The number of fused-ring (bicyclic) bond motifs is 1. The summed E-state index contributed by atoms with van der Waals surface area (Å²) >= 11 is 0. The molecule has 0 amide bonds. The van der Waals surface area contributed by atoms with Gasteiger partial charge in [0, 0.05) is 29.9 Å². The number of benzene rings is 1. The van der Waals surface area contributed by atoms with Gasteiger partial charge in [0.05, 0.1) is 14.2 Å². The van der Waals surface area contributed by atoms with Gasteiger partial charge in [-0.2, -0.15) is 0 Å². The summed E-state index contributed by atoms with van der Waals surface area (Å²) in [5.74, 6) is 1.45. The molecule has 0 aliphatic rings. The quantitative estimate of drug-likeness (QED) is 0.778. The Kier molecular flexibility index (Phi) is 4.41. The predicted molar refractivity (Wildman–Crippen MR) is 77.0 cm³/mol. The standard InChI is InChI=1S/C14H19N3O2/c1-18-10-8-11-12(16-6-3-5-15)4-7-17-14(11)13(9-10)19-2/h4,7-9H,3,5-6,15H2,1-2H3,(H,16,17). The number of nitrogens with two attached hydrogens (primary N) is 1. The van der Waals surface area contributed by atoms with Crippen LogP contribution < -0.4 is 20.5 Å². The van der Waals surface area contributed by atoms with E-state index in [1.807, 2.05) is 18.2 Å². The van der Waals surface area contributed by atoms with Crippen molar-refractivity contribution in [3.63, 3.8) is 0 Å². The van der Waals surface area contributed by atoms with Crippen molar-refractivity contribution in [2.24, 2.45) is 5.73 Å². The third-order valence-electron chi connectivity index (χ3n) is 2.94. The number of pyridine rings is 1. The predicted octanol–water partition coefficient (Wildman–Crippen LogP) is 2.01. The van der Waals surface area contributed by atoms with Gasteiger partial charge in [0.2, 0.25) is 0 Å².